The van der Waals surface area contributed by atoms with Crippen molar-refractivity contribution in [2.24, 2.45) is 0 Å². The van der Waals surface area contributed by atoms with Crippen molar-refractivity contribution >= 4 is 28.6 Å². The highest BCUT2D eigenvalue weighted by molar-refractivity contribution is 7.15. The third-order valence-corrected chi connectivity index (χ3v) is 5.81. The van der Waals surface area contributed by atoms with Crippen LogP contribution in [0.2, 0.25) is 0 Å². The van der Waals surface area contributed by atoms with Gasteiger partial charge in [0.05, 0.1) is 11.4 Å². The summed E-state index contributed by atoms with van der Waals surface area (Å²) in [6.45, 7) is 2.66. The molecule has 3 aromatic rings. The van der Waals surface area contributed by atoms with Crippen molar-refractivity contribution < 1.29 is 4.79 Å². The molecule has 3 rings (SSSR count). The average Bonchev–Trinajstić information content (AvgIpc) is 3.24. The molecule has 0 saturated heterocycles. The van der Waals surface area contributed by atoms with Crippen molar-refractivity contribution in [3.8, 4) is 10.7 Å². The van der Waals surface area contributed by atoms with Gasteiger partial charge in [-0.05, 0) is 36.9 Å². The molecule has 6 heteroatoms. The monoisotopic (exact) mass is 357 g/mol. The molecular formula is C18H19N3OS2. The zero-order valence-electron chi connectivity index (χ0n) is 13.5. The van der Waals surface area contributed by atoms with E-state index in [1.807, 2.05) is 36.6 Å². The molecule has 0 unspecified atom stereocenters. The Balaban J connectivity index is 1.48. The molecule has 0 saturated carbocycles. The largest absolute Gasteiger partial charge is 0.356 e. The zero-order valence-corrected chi connectivity index (χ0v) is 15.1. The van der Waals surface area contributed by atoms with E-state index in [4.69, 9.17) is 0 Å². The first-order chi connectivity index (χ1) is 11.7. The summed E-state index contributed by atoms with van der Waals surface area (Å²) in [6, 6.07) is 9.92. The molecule has 1 amide bonds. The first kappa shape index (κ1) is 16.8. The Kier molecular flexibility index (Phi) is 5.72. The van der Waals surface area contributed by atoms with E-state index in [2.05, 4.69) is 21.4 Å². The molecule has 4 nitrogen and oxygen atoms in total. The second-order valence-electron chi connectivity index (χ2n) is 5.42. The molecule has 0 fully saturated rings. The summed E-state index contributed by atoms with van der Waals surface area (Å²) in [6.07, 6.45) is 3.94. The van der Waals surface area contributed by atoms with Gasteiger partial charge in [0.25, 0.3) is 0 Å². The first-order valence-corrected chi connectivity index (χ1v) is 9.59. The summed E-state index contributed by atoms with van der Waals surface area (Å²) < 4.78 is 0. The van der Waals surface area contributed by atoms with Gasteiger partial charge in [0.1, 0.15) is 5.01 Å². The van der Waals surface area contributed by atoms with E-state index in [0.717, 1.165) is 29.2 Å². The van der Waals surface area contributed by atoms with E-state index in [1.165, 1.54) is 9.75 Å². The highest BCUT2D eigenvalue weighted by atomic mass is 32.1. The fourth-order valence-corrected chi connectivity index (χ4v) is 4.10. The van der Waals surface area contributed by atoms with Crippen LogP contribution in [0.3, 0.4) is 0 Å². The van der Waals surface area contributed by atoms with Crippen LogP contribution in [0, 0.1) is 6.92 Å². The van der Waals surface area contributed by atoms with E-state index < -0.39 is 0 Å². The number of carbonyl (C=O) groups is 1. The minimum Gasteiger partial charge on any atom is -0.356 e. The van der Waals surface area contributed by atoms with Gasteiger partial charge in [0.2, 0.25) is 5.91 Å². The van der Waals surface area contributed by atoms with Crippen LogP contribution >= 0.6 is 22.7 Å². The molecule has 0 spiro atoms. The highest BCUT2D eigenvalue weighted by Crippen LogP contribution is 2.26. The third kappa shape index (κ3) is 4.49. The van der Waals surface area contributed by atoms with Gasteiger partial charge in [-0.25, -0.2) is 4.98 Å². The molecule has 0 radical (unpaired) electrons. The predicted octanol–water partition coefficient (Wildman–Crippen LogP) is 3.87. The number of thiophene rings is 1. The maximum absolute atomic E-state index is 11.9. The number of rotatable bonds is 7. The molecule has 0 bridgehead atoms. The number of amides is 1. The number of hydrogen-bond donors (Lipinski definition) is 1. The minimum atomic E-state index is 0.107. The van der Waals surface area contributed by atoms with E-state index in [1.54, 1.807) is 28.9 Å². The van der Waals surface area contributed by atoms with Crippen molar-refractivity contribution in [2.75, 3.05) is 6.54 Å². The Hall–Kier alpha value is -2.05. The number of hydrogen-bond acceptors (Lipinski definition) is 5. The van der Waals surface area contributed by atoms with Crippen LogP contribution in [0.15, 0.2) is 41.9 Å². The zero-order chi connectivity index (χ0) is 16.8. The molecule has 0 aliphatic heterocycles. The maximum Gasteiger partial charge on any atom is 0.220 e. The second-order valence-corrected chi connectivity index (χ2v) is 7.54. The first-order valence-electron chi connectivity index (χ1n) is 7.89. The summed E-state index contributed by atoms with van der Waals surface area (Å²) in [7, 11) is 0. The van der Waals surface area contributed by atoms with Crippen molar-refractivity contribution in [1.29, 1.82) is 0 Å². The molecular weight excluding hydrogens is 338 g/mol. The van der Waals surface area contributed by atoms with Crippen molar-refractivity contribution in [3.63, 3.8) is 0 Å². The van der Waals surface area contributed by atoms with Crippen molar-refractivity contribution in [1.82, 2.24) is 15.3 Å². The fourth-order valence-electron chi connectivity index (χ4n) is 2.35. The summed E-state index contributed by atoms with van der Waals surface area (Å²) in [5.41, 5.74) is 1.92. The van der Waals surface area contributed by atoms with Gasteiger partial charge in [0, 0.05) is 35.3 Å². The van der Waals surface area contributed by atoms with Crippen molar-refractivity contribution in [3.05, 3.63) is 57.4 Å². The predicted molar refractivity (Wildman–Crippen MR) is 99.4 cm³/mol. The number of pyridine rings is 1. The average molecular weight is 358 g/mol. The van der Waals surface area contributed by atoms with Gasteiger partial charge >= 0.3 is 0 Å². The number of nitrogens with one attached hydrogen (secondary N) is 1. The molecule has 3 heterocycles. The Morgan fingerprint density at radius 3 is 2.88 bits per heavy atom. The molecule has 0 atom stereocenters. The van der Waals surface area contributed by atoms with Crippen LogP contribution < -0.4 is 5.32 Å². The van der Waals surface area contributed by atoms with Crippen LogP contribution in [-0.2, 0) is 17.6 Å². The lowest BCUT2D eigenvalue weighted by molar-refractivity contribution is -0.121. The third-order valence-electron chi connectivity index (χ3n) is 3.63. The van der Waals surface area contributed by atoms with Gasteiger partial charge in [-0.2, -0.15) is 0 Å². The van der Waals surface area contributed by atoms with Gasteiger partial charge in [-0.15, -0.1) is 22.7 Å². The lowest BCUT2D eigenvalue weighted by Gasteiger charge is -2.04. The molecule has 0 aromatic carbocycles. The molecule has 124 valence electrons. The van der Waals surface area contributed by atoms with Crippen LogP contribution in [0.5, 0.6) is 0 Å². The summed E-state index contributed by atoms with van der Waals surface area (Å²) in [5.74, 6) is 0.107. The standard InChI is InChI=1S/C18H19N3OS2/c1-13-16(24-18(21-13)15-6-2-3-10-19-15)9-11-20-17(22)8-7-14-5-4-12-23-14/h2-6,10,12H,7-9,11H2,1H3,(H,20,22). The lowest BCUT2D eigenvalue weighted by atomic mass is 10.2. The quantitative estimate of drug-likeness (QED) is 0.698. The van der Waals surface area contributed by atoms with Crippen LogP contribution in [-0.4, -0.2) is 22.4 Å². The Morgan fingerprint density at radius 1 is 1.21 bits per heavy atom. The number of aromatic nitrogens is 2. The van der Waals surface area contributed by atoms with Crippen LogP contribution in [0.25, 0.3) is 10.7 Å². The lowest BCUT2D eigenvalue weighted by Crippen LogP contribution is -2.25. The number of aryl methyl sites for hydroxylation is 2. The number of nitrogens with zero attached hydrogens (tertiary/aromatic N) is 2. The van der Waals surface area contributed by atoms with Gasteiger partial charge in [-0.3, -0.25) is 9.78 Å². The van der Waals surface area contributed by atoms with E-state index >= 15 is 0 Å². The SMILES string of the molecule is Cc1nc(-c2ccccn2)sc1CCNC(=O)CCc1cccs1. The molecule has 24 heavy (non-hydrogen) atoms. The maximum atomic E-state index is 11.9. The molecule has 0 aliphatic rings. The smallest absolute Gasteiger partial charge is 0.220 e. The Morgan fingerprint density at radius 2 is 2.12 bits per heavy atom. The Labute approximate surface area is 149 Å². The van der Waals surface area contributed by atoms with Gasteiger partial charge in [-0.1, -0.05) is 12.1 Å². The topological polar surface area (TPSA) is 54.9 Å². The molecule has 1 N–H and O–H groups in total. The molecule has 0 aliphatic carbocycles. The normalized spacial score (nSPS) is 10.7. The summed E-state index contributed by atoms with van der Waals surface area (Å²) in [5, 5.41) is 5.98. The number of thiazole rings is 1. The van der Waals surface area contributed by atoms with E-state index in [9.17, 15) is 4.79 Å². The fraction of sp³-hybridized carbons (Fsp3) is 0.278. The van der Waals surface area contributed by atoms with Crippen LogP contribution in [0.4, 0.5) is 0 Å². The number of carbonyl (C=O) groups excluding carboxylic acids is 1. The highest BCUT2D eigenvalue weighted by Gasteiger charge is 2.10. The Bertz CT molecular complexity index is 782. The van der Waals surface area contributed by atoms with Crippen molar-refractivity contribution in [2.45, 2.75) is 26.2 Å². The second kappa shape index (κ2) is 8.17. The molecule has 3 aromatic heterocycles. The minimum absolute atomic E-state index is 0.107. The van der Waals surface area contributed by atoms with E-state index in [0.29, 0.717) is 13.0 Å². The van der Waals surface area contributed by atoms with E-state index in [-0.39, 0.29) is 5.91 Å². The van der Waals surface area contributed by atoms with Gasteiger partial charge < -0.3 is 5.32 Å². The van der Waals surface area contributed by atoms with Gasteiger partial charge in [0.15, 0.2) is 0 Å². The summed E-state index contributed by atoms with van der Waals surface area (Å²) >= 11 is 3.35. The summed E-state index contributed by atoms with van der Waals surface area (Å²) in [4.78, 5) is 23.3. The van der Waals surface area contributed by atoms with Crippen LogP contribution in [0.1, 0.15) is 21.9 Å².